The summed E-state index contributed by atoms with van der Waals surface area (Å²) in [6.45, 7) is 1.90. The Morgan fingerprint density at radius 2 is 1.71 bits per heavy atom. The lowest BCUT2D eigenvalue weighted by molar-refractivity contribution is 0.231. The van der Waals surface area contributed by atoms with E-state index in [2.05, 4.69) is 10.6 Å². The zero-order valence-electron chi connectivity index (χ0n) is 12.3. The van der Waals surface area contributed by atoms with Gasteiger partial charge in [0.25, 0.3) is 0 Å². The number of hydrogen-bond donors (Lipinski definition) is 3. The Hall–Kier alpha value is -1.62. The van der Waals surface area contributed by atoms with Crippen molar-refractivity contribution in [1.29, 1.82) is 0 Å². The first-order valence-corrected chi connectivity index (χ1v) is 7.63. The van der Waals surface area contributed by atoms with E-state index in [0.717, 1.165) is 24.9 Å². The number of nitrogens with two attached hydrogens (primary N) is 1. The van der Waals surface area contributed by atoms with Gasteiger partial charge in [-0.05, 0) is 61.8 Å². The molecule has 116 valence electrons. The van der Waals surface area contributed by atoms with Gasteiger partial charge in [0, 0.05) is 13.1 Å². The summed E-state index contributed by atoms with van der Waals surface area (Å²) in [7, 11) is 0. The van der Waals surface area contributed by atoms with Gasteiger partial charge in [0.15, 0.2) is 0 Å². The van der Waals surface area contributed by atoms with E-state index in [1.54, 1.807) is 12.1 Å². The number of urea groups is 1. The molecule has 1 aromatic carbocycles. The van der Waals surface area contributed by atoms with Gasteiger partial charge in [-0.2, -0.15) is 0 Å². The first kappa shape index (κ1) is 15.8. The van der Waals surface area contributed by atoms with Crippen molar-refractivity contribution >= 4 is 6.03 Å². The number of rotatable bonds is 5. The van der Waals surface area contributed by atoms with Crippen LogP contribution in [0.3, 0.4) is 0 Å². The summed E-state index contributed by atoms with van der Waals surface area (Å²) in [6.07, 6.45) is 4.61. The number of benzene rings is 1. The number of hydrogen-bond acceptors (Lipinski definition) is 2. The standard InChI is InChI=1S/C16H24FN3O/c17-15-7-5-14(6-8-15)11-20-16(21)19-10-13-3-1-12(9-18)2-4-13/h5-8,12-13H,1-4,9-11,18H2,(H2,19,20,21). The van der Waals surface area contributed by atoms with Crippen LogP contribution < -0.4 is 16.4 Å². The molecule has 0 heterocycles. The van der Waals surface area contributed by atoms with Gasteiger partial charge in [-0.3, -0.25) is 0 Å². The summed E-state index contributed by atoms with van der Waals surface area (Å²) in [6, 6.07) is 5.96. The number of nitrogens with one attached hydrogen (secondary N) is 2. The van der Waals surface area contributed by atoms with E-state index in [4.69, 9.17) is 5.73 Å². The first-order chi connectivity index (χ1) is 10.2. The molecule has 4 nitrogen and oxygen atoms in total. The summed E-state index contributed by atoms with van der Waals surface area (Å²) in [5, 5.41) is 5.70. The van der Waals surface area contributed by atoms with Crippen molar-refractivity contribution < 1.29 is 9.18 Å². The summed E-state index contributed by atoms with van der Waals surface area (Å²) in [4.78, 5) is 11.7. The molecule has 1 fully saturated rings. The van der Waals surface area contributed by atoms with Crippen LogP contribution in [0.25, 0.3) is 0 Å². The fraction of sp³-hybridized carbons (Fsp3) is 0.562. The Balaban J connectivity index is 1.62. The minimum Gasteiger partial charge on any atom is -0.338 e. The highest BCUT2D eigenvalue weighted by atomic mass is 19.1. The third-order valence-corrected chi connectivity index (χ3v) is 4.22. The quantitative estimate of drug-likeness (QED) is 0.780. The van der Waals surface area contributed by atoms with Crippen molar-refractivity contribution in [3.8, 4) is 0 Å². The predicted molar refractivity (Wildman–Crippen MR) is 81.1 cm³/mol. The highest BCUT2D eigenvalue weighted by Gasteiger charge is 2.20. The maximum atomic E-state index is 12.8. The largest absolute Gasteiger partial charge is 0.338 e. The van der Waals surface area contributed by atoms with E-state index in [1.807, 2.05) is 0 Å². The molecular formula is C16H24FN3O. The molecular weight excluding hydrogens is 269 g/mol. The van der Waals surface area contributed by atoms with Crippen molar-refractivity contribution in [3.63, 3.8) is 0 Å². The molecule has 0 saturated heterocycles. The maximum absolute atomic E-state index is 12.8. The molecule has 1 aliphatic rings. The van der Waals surface area contributed by atoms with Crippen molar-refractivity contribution in [2.45, 2.75) is 32.2 Å². The molecule has 5 heteroatoms. The van der Waals surface area contributed by atoms with E-state index in [-0.39, 0.29) is 11.8 Å². The minimum atomic E-state index is -0.267. The van der Waals surface area contributed by atoms with Gasteiger partial charge >= 0.3 is 6.03 Å². The zero-order valence-corrected chi connectivity index (χ0v) is 12.3. The maximum Gasteiger partial charge on any atom is 0.315 e. The van der Waals surface area contributed by atoms with Crippen molar-refractivity contribution in [1.82, 2.24) is 10.6 Å². The molecule has 1 aromatic rings. The van der Waals surface area contributed by atoms with Gasteiger partial charge in [0.2, 0.25) is 0 Å². The third kappa shape index (κ3) is 5.34. The first-order valence-electron chi connectivity index (χ1n) is 7.63. The molecule has 0 radical (unpaired) electrons. The fourth-order valence-electron chi connectivity index (χ4n) is 2.76. The second-order valence-electron chi connectivity index (χ2n) is 5.81. The highest BCUT2D eigenvalue weighted by Crippen LogP contribution is 2.27. The average molecular weight is 293 g/mol. The summed E-state index contributed by atoms with van der Waals surface area (Å²) in [5.41, 5.74) is 6.56. The smallest absolute Gasteiger partial charge is 0.315 e. The summed E-state index contributed by atoms with van der Waals surface area (Å²) in [5.74, 6) is 0.953. The molecule has 0 aromatic heterocycles. The van der Waals surface area contributed by atoms with Crippen LogP contribution in [0, 0.1) is 17.7 Å². The SMILES string of the molecule is NCC1CCC(CNC(=O)NCc2ccc(F)cc2)CC1. The van der Waals surface area contributed by atoms with Gasteiger partial charge in [0.1, 0.15) is 5.82 Å². The second kappa shape index (κ2) is 7.98. The van der Waals surface area contributed by atoms with Crippen LogP contribution >= 0.6 is 0 Å². The van der Waals surface area contributed by atoms with Crippen LogP contribution in [0.1, 0.15) is 31.2 Å². The normalized spacial score (nSPS) is 21.8. The van der Waals surface area contributed by atoms with E-state index < -0.39 is 0 Å². The average Bonchev–Trinajstić information content (AvgIpc) is 2.53. The van der Waals surface area contributed by atoms with E-state index in [9.17, 15) is 9.18 Å². The van der Waals surface area contributed by atoms with Crippen molar-refractivity contribution in [3.05, 3.63) is 35.6 Å². The van der Waals surface area contributed by atoms with Gasteiger partial charge in [-0.15, -0.1) is 0 Å². The Morgan fingerprint density at radius 1 is 1.10 bits per heavy atom. The van der Waals surface area contributed by atoms with Crippen molar-refractivity contribution in [2.75, 3.05) is 13.1 Å². The number of carbonyl (C=O) groups is 1. The van der Waals surface area contributed by atoms with Gasteiger partial charge < -0.3 is 16.4 Å². The molecule has 21 heavy (non-hydrogen) atoms. The Kier molecular flexibility index (Phi) is 5.99. The third-order valence-electron chi connectivity index (χ3n) is 4.22. The Labute approximate surface area is 125 Å². The van der Waals surface area contributed by atoms with E-state index >= 15 is 0 Å². The number of halogens is 1. The molecule has 0 spiro atoms. The lowest BCUT2D eigenvalue weighted by atomic mass is 9.82. The van der Waals surface area contributed by atoms with Gasteiger partial charge in [-0.1, -0.05) is 12.1 Å². The summed E-state index contributed by atoms with van der Waals surface area (Å²) >= 11 is 0. The monoisotopic (exact) mass is 293 g/mol. The number of amides is 2. The molecule has 1 aliphatic carbocycles. The molecule has 0 bridgehead atoms. The van der Waals surface area contributed by atoms with Crippen LogP contribution in [-0.4, -0.2) is 19.1 Å². The molecule has 0 unspecified atom stereocenters. The summed E-state index contributed by atoms with van der Waals surface area (Å²) < 4.78 is 12.8. The van der Waals surface area contributed by atoms with Crippen molar-refractivity contribution in [2.24, 2.45) is 17.6 Å². The van der Waals surface area contributed by atoms with E-state index in [0.29, 0.717) is 24.9 Å². The lowest BCUT2D eigenvalue weighted by Crippen LogP contribution is -2.38. The van der Waals surface area contributed by atoms with Crippen LogP contribution in [0.5, 0.6) is 0 Å². The van der Waals surface area contributed by atoms with Gasteiger partial charge in [-0.25, -0.2) is 9.18 Å². The Morgan fingerprint density at radius 3 is 2.33 bits per heavy atom. The fourth-order valence-corrected chi connectivity index (χ4v) is 2.76. The molecule has 4 N–H and O–H groups in total. The Bertz CT molecular complexity index is 441. The topological polar surface area (TPSA) is 67.1 Å². The van der Waals surface area contributed by atoms with E-state index in [1.165, 1.54) is 25.0 Å². The van der Waals surface area contributed by atoms with Gasteiger partial charge in [0.05, 0.1) is 0 Å². The van der Waals surface area contributed by atoms with Crippen LogP contribution in [0.2, 0.25) is 0 Å². The minimum absolute atomic E-state index is 0.166. The molecule has 2 rings (SSSR count). The highest BCUT2D eigenvalue weighted by molar-refractivity contribution is 5.73. The van der Waals surface area contributed by atoms with Crippen LogP contribution in [0.15, 0.2) is 24.3 Å². The molecule has 2 amide bonds. The predicted octanol–water partition coefficient (Wildman–Crippen LogP) is 2.39. The molecule has 1 saturated carbocycles. The van der Waals surface area contributed by atoms with Crippen LogP contribution in [0.4, 0.5) is 9.18 Å². The second-order valence-corrected chi connectivity index (χ2v) is 5.81. The number of carbonyl (C=O) groups excluding carboxylic acids is 1. The lowest BCUT2D eigenvalue weighted by Gasteiger charge is -2.27. The molecule has 0 aliphatic heterocycles. The zero-order chi connectivity index (χ0) is 15.1. The molecule has 0 atom stereocenters. The van der Waals surface area contributed by atoms with Crippen LogP contribution in [-0.2, 0) is 6.54 Å².